The first-order chi connectivity index (χ1) is 9.20. The molecule has 1 saturated heterocycles. The van der Waals surface area contributed by atoms with Gasteiger partial charge >= 0.3 is 5.97 Å². The van der Waals surface area contributed by atoms with Crippen molar-refractivity contribution < 1.29 is 9.53 Å². The van der Waals surface area contributed by atoms with Crippen LogP contribution < -0.4 is 11.1 Å². The van der Waals surface area contributed by atoms with E-state index < -0.39 is 0 Å². The molecule has 0 bridgehead atoms. The third-order valence-corrected chi connectivity index (χ3v) is 4.19. The van der Waals surface area contributed by atoms with Crippen LogP contribution in [0.4, 0.5) is 11.4 Å². The van der Waals surface area contributed by atoms with Crippen molar-refractivity contribution in [2.75, 3.05) is 29.2 Å². The van der Waals surface area contributed by atoms with Gasteiger partial charge in [-0.05, 0) is 49.5 Å². The van der Waals surface area contributed by atoms with Crippen LogP contribution in [0.15, 0.2) is 18.2 Å². The SMILES string of the molecule is CCOC(=O)c1cc(NC2CCSCC2)ccc1N. The van der Waals surface area contributed by atoms with E-state index in [-0.39, 0.29) is 5.97 Å². The van der Waals surface area contributed by atoms with Crippen molar-refractivity contribution in [3.05, 3.63) is 23.8 Å². The Morgan fingerprint density at radius 1 is 1.47 bits per heavy atom. The standard InChI is InChI=1S/C14H20N2O2S/c1-2-18-14(17)12-9-11(3-4-13(12)15)16-10-5-7-19-8-6-10/h3-4,9-10,16H,2,5-8,15H2,1H3. The molecule has 0 unspecified atom stereocenters. The van der Waals surface area contributed by atoms with Crippen LogP contribution >= 0.6 is 11.8 Å². The minimum atomic E-state index is -0.358. The van der Waals surface area contributed by atoms with Crippen molar-refractivity contribution >= 4 is 29.1 Å². The predicted octanol–water partition coefficient (Wildman–Crippen LogP) is 2.75. The van der Waals surface area contributed by atoms with Gasteiger partial charge in [0.05, 0.1) is 12.2 Å². The summed E-state index contributed by atoms with van der Waals surface area (Å²) < 4.78 is 5.00. The minimum absolute atomic E-state index is 0.357. The van der Waals surface area contributed by atoms with Crippen LogP contribution in [0, 0.1) is 0 Å². The van der Waals surface area contributed by atoms with Crippen LogP contribution in [0.1, 0.15) is 30.1 Å². The summed E-state index contributed by atoms with van der Waals surface area (Å²) in [5.74, 6) is 2.03. The molecule has 0 radical (unpaired) electrons. The van der Waals surface area contributed by atoms with E-state index in [4.69, 9.17) is 10.5 Å². The molecule has 3 N–H and O–H groups in total. The Balaban J connectivity index is 2.08. The molecule has 0 aromatic heterocycles. The highest BCUT2D eigenvalue weighted by Crippen LogP contribution is 2.23. The number of rotatable bonds is 4. The van der Waals surface area contributed by atoms with Gasteiger partial charge in [0.15, 0.2) is 0 Å². The molecule has 104 valence electrons. The van der Waals surface area contributed by atoms with E-state index in [1.54, 1.807) is 19.1 Å². The number of hydrogen-bond donors (Lipinski definition) is 2. The molecule has 0 amide bonds. The molecule has 0 spiro atoms. The van der Waals surface area contributed by atoms with E-state index in [0.717, 1.165) is 18.5 Å². The summed E-state index contributed by atoms with van der Waals surface area (Å²) in [7, 11) is 0. The number of carbonyl (C=O) groups excluding carboxylic acids is 1. The lowest BCUT2D eigenvalue weighted by Crippen LogP contribution is -2.24. The number of hydrogen-bond acceptors (Lipinski definition) is 5. The second-order valence-electron chi connectivity index (χ2n) is 4.55. The van der Waals surface area contributed by atoms with Crippen LogP contribution in [-0.2, 0) is 4.74 Å². The molecule has 5 heteroatoms. The summed E-state index contributed by atoms with van der Waals surface area (Å²) >= 11 is 1.99. The van der Waals surface area contributed by atoms with Crippen LogP contribution in [0.25, 0.3) is 0 Å². The maximum absolute atomic E-state index is 11.8. The Morgan fingerprint density at radius 3 is 2.89 bits per heavy atom. The van der Waals surface area contributed by atoms with Crippen molar-refractivity contribution in [1.82, 2.24) is 0 Å². The van der Waals surface area contributed by atoms with Gasteiger partial charge in [-0.25, -0.2) is 4.79 Å². The zero-order chi connectivity index (χ0) is 13.7. The Bertz CT molecular complexity index is 445. The fraction of sp³-hybridized carbons (Fsp3) is 0.500. The molecule has 1 aromatic carbocycles. The van der Waals surface area contributed by atoms with Crippen molar-refractivity contribution in [3.63, 3.8) is 0 Å². The lowest BCUT2D eigenvalue weighted by Gasteiger charge is -2.24. The van der Waals surface area contributed by atoms with Gasteiger partial charge in [0.25, 0.3) is 0 Å². The average Bonchev–Trinajstić information content (AvgIpc) is 2.42. The van der Waals surface area contributed by atoms with Crippen LogP contribution in [-0.4, -0.2) is 30.1 Å². The highest BCUT2D eigenvalue weighted by atomic mass is 32.2. The monoisotopic (exact) mass is 280 g/mol. The summed E-state index contributed by atoms with van der Waals surface area (Å²) in [5.41, 5.74) is 7.66. The first kappa shape index (κ1) is 14.1. The van der Waals surface area contributed by atoms with Crippen molar-refractivity contribution in [3.8, 4) is 0 Å². The van der Waals surface area contributed by atoms with Crippen LogP contribution in [0.2, 0.25) is 0 Å². The van der Waals surface area contributed by atoms with Gasteiger partial charge in [-0.2, -0.15) is 11.8 Å². The number of nitrogen functional groups attached to an aromatic ring is 1. The zero-order valence-corrected chi connectivity index (χ0v) is 12.0. The van der Waals surface area contributed by atoms with Crippen LogP contribution in [0.3, 0.4) is 0 Å². The van der Waals surface area contributed by atoms with Crippen molar-refractivity contribution in [1.29, 1.82) is 0 Å². The Labute approximate surface area is 118 Å². The third-order valence-electron chi connectivity index (χ3n) is 3.14. The second-order valence-corrected chi connectivity index (χ2v) is 5.78. The van der Waals surface area contributed by atoms with E-state index in [9.17, 15) is 4.79 Å². The number of nitrogens with two attached hydrogens (primary N) is 1. The molecule has 1 aliphatic rings. The highest BCUT2D eigenvalue weighted by Gasteiger charge is 2.15. The van der Waals surface area contributed by atoms with Gasteiger partial charge in [-0.15, -0.1) is 0 Å². The summed E-state index contributed by atoms with van der Waals surface area (Å²) in [4.78, 5) is 11.8. The van der Waals surface area contributed by atoms with Gasteiger partial charge in [0.2, 0.25) is 0 Å². The molecule has 0 atom stereocenters. The van der Waals surface area contributed by atoms with E-state index in [1.807, 2.05) is 17.8 Å². The number of benzene rings is 1. The van der Waals surface area contributed by atoms with Gasteiger partial charge in [0.1, 0.15) is 0 Å². The quantitative estimate of drug-likeness (QED) is 0.656. The lowest BCUT2D eigenvalue weighted by atomic mass is 10.1. The first-order valence-electron chi connectivity index (χ1n) is 6.61. The summed E-state index contributed by atoms with van der Waals surface area (Å²) in [6.07, 6.45) is 2.31. The molecule has 1 fully saturated rings. The number of anilines is 2. The number of ether oxygens (including phenoxy) is 1. The molecule has 2 rings (SSSR count). The smallest absolute Gasteiger partial charge is 0.340 e. The topological polar surface area (TPSA) is 64.3 Å². The summed E-state index contributed by atoms with van der Waals surface area (Å²) in [6, 6.07) is 5.95. The molecule has 1 aliphatic heterocycles. The average molecular weight is 280 g/mol. The van der Waals surface area contributed by atoms with Gasteiger partial charge in [-0.1, -0.05) is 0 Å². The molecule has 1 aromatic rings. The Hall–Kier alpha value is -1.36. The third kappa shape index (κ3) is 3.80. The van der Waals surface area contributed by atoms with Crippen molar-refractivity contribution in [2.45, 2.75) is 25.8 Å². The molecular weight excluding hydrogens is 260 g/mol. The Kier molecular flexibility index (Phi) is 4.96. The van der Waals surface area contributed by atoms with E-state index >= 15 is 0 Å². The maximum atomic E-state index is 11.8. The molecule has 4 nitrogen and oxygen atoms in total. The first-order valence-corrected chi connectivity index (χ1v) is 7.77. The number of nitrogens with one attached hydrogen (secondary N) is 1. The van der Waals surface area contributed by atoms with Gasteiger partial charge in [-0.3, -0.25) is 0 Å². The van der Waals surface area contributed by atoms with E-state index in [2.05, 4.69) is 5.32 Å². The van der Waals surface area contributed by atoms with E-state index in [0.29, 0.717) is 23.9 Å². The largest absolute Gasteiger partial charge is 0.462 e. The highest BCUT2D eigenvalue weighted by molar-refractivity contribution is 7.99. The maximum Gasteiger partial charge on any atom is 0.340 e. The fourth-order valence-corrected chi connectivity index (χ4v) is 3.22. The lowest BCUT2D eigenvalue weighted by molar-refractivity contribution is 0.0527. The van der Waals surface area contributed by atoms with Gasteiger partial charge in [0, 0.05) is 17.4 Å². The van der Waals surface area contributed by atoms with Gasteiger partial charge < -0.3 is 15.8 Å². The second kappa shape index (κ2) is 6.70. The fourth-order valence-electron chi connectivity index (χ4n) is 2.11. The number of carbonyl (C=O) groups is 1. The molecular formula is C14H20N2O2S. The number of esters is 1. The summed E-state index contributed by atoms with van der Waals surface area (Å²) in [6.45, 7) is 2.14. The Morgan fingerprint density at radius 2 is 2.21 bits per heavy atom. The minimum Gasteiger partial charge on any atom is -0.462 e. The predicted molar refractivity (Wildman–Crippen MR) is 80.8 cm³/mol. The molecule has 1 heterocycles. The summed E-state index contributed by atoms with van der Waals surface area (Å²) in [5, 5.41) is 3.47. The van der Waals surface area contributed by atoms with E-state index in [1.165, 1.54) is 11.5 Å². The number of thioether (sulfide) groups is 1. The zero-order valence-electron chi connectivity index (χ0n) is 11.1. The molecule has 0 aliphatic carbocycles. The molecule has 19 heavy (non-hydrogen) atoms. The molecule has 0 saturated carbocycles. The van der Waals surface area contributed by atoms with Crippen LogP contribution in [0.5, 0.6) is 0 Å². The normalized spacial score (nSPS) is 16.1. The van der Waals surface area contributed by atoms with Crippen molar-refractivity contribution in [2.24, 2.45) is 0 Å².